The van der Waals surface area contributed by atoms with Gasteiger partial charge in [-0.05, 0) is 48.6 Å². The second-order valence-electron chi connectivity index (χ2n) is 7.33. The van der Waals surface area contributed by atoms with E-state index in [4.69, 9.17) is 4.74 Å². The molecule has 4 nitrogen and oxygen atoms in total. The molecule has 0 aromatic heterocycles. The van der Waals surface area contributed by atoms with Crippen molar-refractivity contribution >= 4 is 11.6 Å². The molecule has 2 aromatic carbocycles. The Hall–Kier alpha value is -2.49. The average molecular weight is 350 g/mol. The molecule has 2 aliphatic rings. The number of anilines is 1. The standard InChI is InChI=1S/C22H26N2O2/c1-23(22(25)21-15-18-7-3-4-8-20(18)26-21)16-17-9-11-19(12-10-17)24-13-5-2-6-14-24/h3-4,7-12,21H,2,5-6,13-16H2,1H3/t21-/m0/s1. The molecule has 0 bridgehead atoms. The Labute approximate surface area is 155 Å². The van der Waals surface area contributed by atoms with E-state index in [1.165, 1.54) is 24.9 Å². The Kier molecular flexibility index (Phi) is 4.83. The number of ether oxygens (including phenoxy) is 1. The monoisotopic (exact) mass is 350 g/mol. The third-order valence-electron chi connectivity index (χ3n) is 5.38. The topological polar surface area (TPSA) is 32.8 Å². The van der Waals surface area contributed by atoms with E-state index in [-0.39, 0.29) is 5.91 Å². The zero-order valence-electron chi connectivity index (χ0n) is 15.4. The third-order valence-corrected chi connectivity index (χ3v) is 5.38. The normalized spacial score (nSPS) is 19.0. The van der Waals surface area contributed by atoms with Crippen LogP contribution in [0.3, 0.4) is 0 Å². The van der Waals surface area contributed by atoms with Crippen LogP contribution in [-0.4, -0.2) is 37.0 Å². The molecular weight excluding hydrogens is 324 g/mol. The summed E-state index contributed by atoms with van der Waals surface area (Å²) >= 11 is 0. The quantitative estimate of drug-likeness (QED) is 0.844. The van der Waals surface area contributed by atoms with Crippen molar-refractivity contribution in [1.82, 2.24) is 4.90 Å². The van der Waals surface area contributed by atoms with Crippen molar-refractivity contribution in [3.05, 3.63) is 59.7 Å². The molecule has 26 heavy (non-hydrogen) atoms. The molecule has 1 saturated heterocycles. The van der Waals surface area contributed by atoms with E-state index in [1.54, 1.807) is 4.90 Å². The van der Waals surface area contributed by atoms with Gasteiger partial charge in [-0.25, -0.2) is 0 Å². The van der Waals surface area contributed by atoms with Gasteiger partial charge in [0.25, 0.3) is 5.91 Å². The molecule has 0 unspecified atom stereocenters. The summed E-state index contributed by atoms with van der Waals surface area (Å²) in [7, 11) is 1.85. The van der Waals surface area contributed by atoms with Crippen LogP contribution in [0, 0.1) is 0 Å². The molecule has 4 heteroatoms. The van der Waals surface area contributed by atoms with Gasteiger partial charge < -0.3 is 14.5 Å². The lowest BCUT2D eigenvalue weighted by atomic mass is 10.1. The highest BCUT2D eigenvalue weighted by molar-refractivity contribution is 5.82. The van der Waals surface area contributed by atoms with Crippen molar-refractivity contribution in [2.24, 2.45) is 0 Å². The number of likely N-dealkylation sites (N-methyl/N-ethyl adjacent to an activating group) is 1. The molecule has 0 N–H and O–H groups in total. The Morgan fingerprint density at radius 1 is 1.08 bits per heavy atom. The van der Waals surface area contributed by atoms with E-state index < -0.39 is 6.10 Å². The number of carbonyl (C=O) groups is 1. The van der Waals surface area contributed by atoms with Gasteiger partial charge in [-0.3, -0.25) is 4.79 Å². The van der Waals surface area contributed by atoms with Crippen LogP contribution in [0.25, 0.3) is 0 Å². The zero-order chi connectivity index (χ0) is 17.9. The van der Waals surface area contributed by atoms with Crippen molar-refractivity contribution in [3.8, 4) is 5.75 Å². The van der Waals surface area contributed by atoms with E-state index in [0.29, 0.717) is 13.0 Å². The molecule has 0 radical (unpaired) electrons. The van der Waals surface area contributed by atoms with Gasteiger partial charge in [0.05, 0.1) is 0 Å². The molecule has 0 spiro atoms. The van der Waals surface area contributed by atoms with Crippen molar-refractivity contribution in [2.75, 3.05) is 25.0 Å². The number of piperidine rings is 1. The highest BCUT2D eigenvalue weighted by Crippen LogP contribution is 2.29. The molecular formula is C22H26N2O2. The van der Waals surface area contributed by atoms with Gasteiger partial charge >= 0.3 is 0 Å². The Balaban J connectivity index is 1.35. The number of fused-ring (bicyclic) bond motifs is 1. The van der Waals surface area contributed by atoms with Crippen LogP contribution in [0.1, 0.15) is 30.4 Å². The predicted molar refractivity (Wildman–Crippen MR) is 104 cm³/mol. The van der Waals surface area contributed by atoms with Crippen molar-refractivity contribution in [3.63, 3.8) is 0 Å². The molecule has 2 aliphatic heterocycles. The summed E-state index contributed by atoms with van der Waals surface area (Å²) in [6.07, 6.45) is 4.16. The van der Waals surface area contributed by atoms with Gasteiger partial charge in [0.15, 0.2) is 6.10 Å². The maximum Gasteiger partial charge on any atom is 0.264 e. The number of benzene rings is 2. The summed E-state index contributed by atoms with van der Waals surface area (Å²) in [5, 5.41) is 0. The van der Waals surface area contributed by atoms with Gasteiger partial charge in [0.1, 0.15) is 5.75 Å². The molecule has 4 rings (SSSR count). The van der Waals surface area contributed by atoms with Gasteiger partial charge in [-0.1, -0.05) is 30.3 Å². The summed E-state index contributed by atoms with van der Waals surface area (Å²) < 4.78 is 5.83. The first-order valence-corrected chi connectivity index (χ1v) is 9.54. The van der Waals surface area contributed by atoms with Crippen LogP contribution in [0.2, 0.25) is 0 Å². The Morgan fingerprint density at radius 3 is 2.54 bits per heavy atom. The van der Waals surface area contributed by atoms with E-state index in [1.807, 2.05) is 31.3 Å². The number of amides is 1. The molecule has 0 aliphatic carbocycles. The summed E-state index contributed by atoms with van der Waals surface area (Å²) in [6, 6.07) is 16.5. The molecule has 136 valence electrons. The number of hydrogen-bond acceptors (Lipinski definition) is 3. The minimum absolute atomic E-state index is 0.0429. The predicted octanol–water partition coefficient (Wildman–Crippen LogP) is 3.64. The maximum absolute atomic E-state index is 12.7. The average Bonchev–Trinajstić information content (AvgIpc) is 3.13. The van der Waals surface area contributed by atoms with E-state index in [2.05, 4.69) is 29.2 Å². The first-order valence-electron chi connectivity index (χ1n) is 9.54. The smallest absolute Gasteiger partial charge is 0.264 e. The summed E-state index contributed by atoms with van der Waals surface area (Å²) in [4.78, 5) is 16.9. The van der Waals surface area contributed by atoms with E-state index >= 15 is 0 Å². The molecule has 0 saturated carbocycles. The van der Waals surface area contributed by atoms with Crippen LogP contribution in [0.4, 0.5) is 5.69 Å². The van der Waals surface area contributed by atoms with Crippen LogP contribution in [-0.2, 0) is 17.8 Å². The first kappa shape index (κ1) is 17.0. The molecule has 2 aromatic rings. The Morgan fingerprint density at radius 2 is 1.81 bits per heavy atom. The number of para-hydroxylation sites is 1. The number of rotatable bonds is 4. The van der Waals surface area contributed by atoms with Gasteiger partial charge in [-0.2, -0.15) is 0 Å². The molecule has 1 fully saturated rings. The Bertz CT molecular complexity index is 741. The van der Waals surface area contributed by atoms with Crippen molar-refractivity contribution in [2.45, 2.75) is 38.3 Å². The van der Waals surface area contributed by atoms with Crippen LogP contribution >= 0.6 is 0 Å². The van der Waals surface area contributed by atoms with Crippen molar-refractivity contribution in [1.29, 1.82) is 0 Å². The SMILES string of the molecule is CN(Cc1ccc(N2CCCCC2)cc1)C(=O)[C@@H]1Cc2ccccc2O1. The highest BCUT2D eigenvalue weighted by atomic mass is 16.5. The lowest BCUT2D eigenvalue weighted by Crippen LogP contribution is -2.38. The van der Waals surface area contributed by atoms with Crippen LogP contribution in [0.5, 0.6) is 5.75 Å². The third kappa shape index (κ3) is 3.55. The molecule has 2 heterocycles. The number of nitrogens with zero attached hydrogens (tertiary/aromatic N) is 2. The largest absolute Gasteiger partial charge is 0.480 e. The minimum Gasteiger partial charge on any atom is -0.480 e. The lowest BCUT2D eigenvalue weighted by Gasteiger charge is -2.29. The summed E-state index contributed by atoms with van der Waals surface area (Å²) in [6.45, 7) is 2.91. The fraction of sp³-hybridized carbons (Fsp3) is 0.409. The second kappa shape index (κ2) is 7.40. The van der Waals surface area contributed by atoms with Gasteiger partial charge in [0.2, 0.25) is 0 Å². The fourth-order valence-corrected chi connectivity index (χ4v) is 3.88. The van der Waals surface area contributed by atoms with Crippen LogP contribution < -0.4 is 9.64 Å². The van der Waals surface area contributed by atoms with Crippen molar-refractivity contribution < 1.29 is 9.53 Å². The highest BCUT2D eigenvalue weighted by Gasteiger charge is 2.30. The molecule has 1 atom stereocenters. The lowest BCUT2D eigenvalue weighted by molar-refractivity contribution is -0.137. The van der Waals surface area contributed by atoms with Gasteiger partial charge in [0, 0.05) is 38.8 Å². The minimum atomic E-state index is -0.398. The second-order valence-corrected chi connectivity index (χ2v) is 7.33. The fourth-order valence-electron chi connectivity index (χ4n) is 3.88. The number of hydrogen-bond donors (Lipinski definition) is 0. The number of carbonyl (C=O) groups excluding carboxylic acids is 1. The van der Waals surface area contributed by atoms with E-state index in [9.17, 15) is 4.79 Å². The summed E-state index contributed by atoms with van der Waals surface area (Å²) in [5.74, 6) is 0.881. The molecule has 1 amide bonds. The van der Waals surface area contributed by atoms with Gasteiger partial charge in [-0.15, -0.1) is 0 Å². The van der Waals surface area contributed by atoms with Crippen LogP contribution in [0.15, 0.2) is 48.5 Å². The zero-order valence-corrected chi connectivity index (χ0v) is 15.4. The maximum atomic E-state index is 12.7. The summed E-state index contributed by atoms with van der Waals surface area (Å²) in [5.41, 5.74) is 3.55. The first-order chi connectivity index (χ1) is 12.7. The van der Waals surface area contributed by atoms with E-state index in [0.717, 1.165) is 30.0 Å².